The normalized spacial score (nSPS) is 27.9. The first kappa shape index (κ1) is 15.9. The Bertz CT molecular complexity index is 938. The van der Waals surface area contributed by atoms with Crippen LogP contribution in [0.25, 0.3) is 0 Å². The van der Waals surface area contributed by atoms with Crippen LogP contribution in [0.1, 0.15) is 16.8 Å². The molecule has 134 valence electrons. The van der Waals surface area contributed by atoms with Crippen LogP contribution in [-0.2, 0) is 9.59 Å². The van der Waals surface area contributed by atoms with Gasteiger partial charge >= 0.3 is 0 Å². The van der Waals surface area contributed by atoms with Crippen LogP contribution < -0.4 is 10.2 Å². The minimum Gasteiger partial charge on any atom is -0.307 e. The molecule has 5 rings (SSSR count). The molecule has 1 aromatic heterocycles. The third-order valence-electron chi connectivity index (χ3n) is 5.76. The Hall–Kier alpha value is -3.28. The van der Waals surface area contributed by atoms with Gasteiger partial charge < -0.3 is 5.32 Å². The first-order chi connectivity index (χ1) is 13.1. The molecule has 6 heteroatoms. The Labute approximate surface area is 155 Å². The van der Waals surface area contributed by atoms with E-state index < -0.39 is 0 Å². The molecule has 1 saturated heterocycles. The molecular formula is C21H17N3O3. The van der Waals surface area contributed by atoms with Crippen LogP contribution in [0.15, 0.2) is 60.8 Å². The molecular weight excluding hydrogens is 342 g/mol. The third-order valence-corrected chi connectivity index (χ3v) is 5.76. The van der Waals surface area contributed by atoms with Gasteiger partial charge in [-0.1, -0.05) is 18.2 Å². The van der Waals surface area contributed by atoms with Gasteiger partial charge in [0.1, 0.15) is 5.82 Å². The number of rotatable bonds is 3. The summed E-state index contributed by atoms with van der Waals surface area (Å²) < 4.78 is 0. The number of pyridine rings is 1. The number of carbonyl (C=O) groups is 3. The zero-order chi connectivity index (χ0) is 18.5. The minimum absolute atomic E-state index is 0.118. The summed E-state index contributed by atoms with van der Waals surface area (Å²) in [5, 5.41) is 2.71. The van der Waals surface area contributed by atoms with Crippen molar-refractivity contribution in [2.75, 3.05) is 10.2 Å². The predicted molar refractivity (Wildman–Crippen MR) is 98.8 cm³/mol. The average molecular weight is 359 g/mol. The number of carbonyl (C=O) groups excluding carboxylic acids is 3. The van der Waals surface area contributed by atoms with Crippen LogP contribution in [-0.4, -0.2) is 22.7 Å². The highest BCUT2D eigenvalue weighted by Crippen LogP contribution is 2.53. The number of fused-ring (bicyclic) bond motifs is 5. The third kappa shape index (κ3) is 2.40. The van der Waals surface area contributed by atoms with Crippen LogP contribution >= 0.6 is 0 Å². The van der Waals surface area contributed by atoms with Gasteiger partial charge in [-0.3, -0.25) is 19.3 Å². The lowest BCUT2D eigenvalue weighted by atomic mass is 9.85. The van der Waals surface area contributed by atoms with Crippen molar-refractivity contribution in [1.82, 2.24) is 4.98 Å². The fraction of sp³-hybridized carbons (Fsp3) is 0.238. The molecule has 6 nitrogen and oxygen atoms in total. The molecule has 2 bridgehead atoms. The topological polar surface area (TPSA) is 79.4 Å². The van der Waals surface area contributed by atoms with Crippen LogP contribution in [0.3, 0.4) is 0 Å². The van der Waals surface area contributed by atoms with Gasteiger partial charge in [0.05, 0.1) is 17.5 Å². The second-order valence-corrected chi connectivity index (χ2v) is 7.23. The van der Waals surface area contributed by atoms with E-state index in [-0.39, 0.29) is 41.4 Å². The Kier molecular flexibility index (Phi) is 3.47. The van der Waals surface area contributed by atoms with E-state index in [2.05, 4.69) is 22.5 Å². The summed E-state index contributed by atoms with van der Waals surface area (Å²) in [6.07, 6.45) is 6.66. The first-order valence-electron chi connectivity index (χ1n) is 9.02. The summed E-state index contributed by atoms with van der Waals surface area (Å²) >= 11 is 0. The Balaban J connectivity index is 1.36. The molecule has 2 heterocycles. The predicted octanol–water partition coefficient (Wildman–Crippen LogP) is 2.65. The Morgan fingerprint density at radius 2 is 1.63 bits per heavy atom. The number of benzene rings is 1. The lowest BCUT2D eigenvalue weighted by Crippen LogP contribution is -2.32. The minimum atomic E-state index is -0.293. The number of aromatic nitrogens is 1. The van der Waals surface area contributed by atoms with Gasteiger partial charge in [0, 0.05) is 11.8 Å². The molecule has 3 amide bonds. The van der Waals surface area contributed by atoms with Crippen LogP contribution in [0.4, 0.5) is 11.5 Å². The summed E-state index contributed by atoms with van der Waals surface area (Å²) in [5.41, 5.74) is 0.957. The molecule has 2 aliphatic carbocycles. The van der Waals surface area contributed by atoms with Crippen molar-refractivity contribution in [3.63, 3.8) is 0 Å². The summed E-state index contributed by atoms with van der Waals surface area (Å²) in [6.45, 7) is 0. The number of anilines is 2. The highest BCUT2D eigenvalue weighted by molar-refractivity contribution is 6.23. The van der Waals surface area contributed by atoms with Crippen LogP contribution in [0.2, 0.25) is 0 Å². The monoisotopic (exact) mass is 359 g/mol. The zero-order valence-electron chi connectivity index (χ0n) is 14.4. The van der Waals surface area contributed by atoms with Crippen molar-refractivity contribution in [3.05, 3.63) is 66.4 Å². The molecule has 3 aliphatic rings. The number of hydrogen-bond acceptors (Lipinski definition) is 4. The van der Waals surface area contributed by atoms with Crippen molar-refractivity contribution >= 4 is 29.2 Å². The molecule has 4 atom stereocenters. The fourth-order valence-electron chi connectivity index (χ4n) is 4.54. The van der Waals surface area contributed by atoms with E-state index in [1.54, 1.807) is 48.7 Å². The zero-order valence-corrected chi connectivity index (χ0v) is 14.4. The number of nitrogens with one attached hydrogen (secondary N) is 1. The van der Waals surface area contributed by atoms with E-state index in [4.69, 9.17) is 0 Å². The van der Waals surface area contributed by atoms with Gasteiger partial charge in [0.15, 0.2) is 0 Å². The maximum Gasteiger partial charge on any atom is 0.256 e. The summed E-state index contributed by atoms with van der Waals surface area (Å²) in [5.74, 6) is -0.139. The van der Waals surface area contributed by atoms with Crippen LogP contribution in [0.5, 0.6) is 0 Å². The van der Waals surface area contributed by atoms with E-state index in [9.17, 15) is 14.4 Å². The lowest BCUT2D eigenvalue weighted by molar-refractivity contribution is -0.123. The summed E-state index contributed by atoms with van der Waals surface area (Å²) in [7, 11) is 0. The van der Waals surface area contributed by atoms with Crippen molar-refractivity contribution < 1.29 is 14.4 Å². The van der Waals surface area contributed by atoms with Crippen molar-refractivity contribution in [1.29, 1.82) is 0 Å². The molecule has 1 aliphatic heterocycles. The number of allylic oxidation sites excluding steroid dienone is 2. The molecule has 2 aromatic rings. The van der Waals surface area contributed by atoms with Crippen molar-refractivity contribution in [3.8, 4) is 0 Å². The maximum absolute atomic E-state index is 12.8. The van der Waals surface area contributed by atoms with Gasteiger partial charge in [0.2, 0.25) is 11.8 Å². The first-order valence-corrected chi connectivity index (χ1v) is 9.02. The molecule has 0 spiro atoms. The van der Waals surface area contributed by atoms with Gasteiger partial charge in [-0.25, -0.2) is 4.98 Å². The van der Waals surface area contributed by atoms with E-state index in [1.165, 1.54) is 4.90 Å². The molecule has 0 radical (unpaired) electrons. The number of imide groups is 1. The van der Waals surface area contributed by atoms with Crippen molar-refractivity contribution in [2.45, 2.75) is 6.42 Å². The number of amides is 3. The maximum atomic E-state index is 12.8. The van der Waals surface area contributed by atoms with E-state index in [1.807, 2.05) is 0 Å². The molecule has 1 aromatic carbocycles. The average Bonchev–Trinajstić information content (AvgIpc) is 3.37. The lowest BCUT2D eigenvalue weighted by Gasteiger charge is -2.17. The standard InChI is InChI=1S/C21H17N3O3/c25-19(23-16-3-1-2-10-22-16)12-6-8-15(9-7-12)24-20(26)17-13-4-5-14(11-13)18(17)21(24)27/h1-10,13-14,17-18H,11H2,(H,22,23,25)/t13-,14-,17+,18+/m0/s1. The Morgan fingerprint density at radius 1 is 0.963 bits per heavy atom. The highest BCUT2D eigenvalue weighted by Gasteiger charge is 2.59. The molecule has 1 saturated carbocycles. The molecule has 27 heavy (non-hydrogen) atoms. The van der Waals surface area contributed by atoms with Gasteiger partial charge in [-0.15, -0.1) is 0 Å². The molecule has 2 fully saturated rings. The smallest absolute Gasteiger partial charge is 0.256 e. The summed E-state index contributed by atoms with van der Waals surface area (Å²) in [6, 6.07) is 11.8. The van der Waals surface area contributed by atoms with Crippen molar-refractivity contribution in [2.24, 2.45) is 23.7 Å². The fourth-order valence-corrected chi connectivity index (χ4v) is 4.54. The van der Waals surface area contributed by atoms with E-state index in [0.29, 0.717) is 17.1 Å². The molecule has 0 unspecified atom stereocenters. The van der Waals surface area contributed by atoms with Gasteiger partial charge in [-0.05, 0) is 54.7 Å². The van der Waals surface area contributed by atoms with Gasteiger partial charge in [-0.2, -0.15) is 0 Å². The van der Waals surface area contributed by atoms with Crippen LogP contribution in [0, 0.1) is 23.7 Å². The largest absolute Gasteiger partial charge is 0.307 e. The number of nitrogens with zero attached hydrogens (tertiary/aromatic N) is 2. The highest BCUT2D eigenvalue weighted by atomic mass is 16.2. The second-order valence-electron chi connectivity index (χ2n) is 7.23. The quantitative estimate of drug-likeness (QED) is 0.675. The van der Waals surface area contributed by atoms with Gasteiger partial charge in [0.25, 0.3) is 5.91 Å². The second kappa shape index (κ2) is 5.87. The molecule has 1 N–H and O–H groups in total. The number of hydrogen-bond donors (Lipinski definition) is 1. The summed E-state index contributed by atoms with van der Waals surface area (Å²) in [4.78, 5) is 43.3. The SMILES string of the molecule is O=C(Nc1ccccn1)c1ccc(N2C(=O)[C@H]3[C@H](C2=O)[C@H]2C=C[C@H]3C2)cc1. The van der Waals surface area contributed by atoms with E-state index >= 15 is 0 Å². The van der Waals surface area contributed by atoms with E-state index in [0.717, 1.165) is 6.42 Å². The Morgan fingerprint density at radius 3 is 2.22 bits per heavy atom.